The van der Waals surface area contributed by atoms with E-state index in [0.29, 0.717) is 30.6 Å². The van der Waals surface area contributed by atoms with Crippen molar-refractivity contribution in [3.63, 3.8) is 0 Å². The van der Waals surface area contributed by atoms with Crippen molar-refractivity contribution >= 4 is 11.3 Å². The average Bonchev–Trinajstić information content (AvgIpc) is 3.40. The van der Waals surface area contributed by atoms with Gasteiger partial charge in [-0.3, -0.25) is 4.68 Å². The molecular weight excluding hydrogens is 355 g/mol. The molecule has 0 amide bonds. The zero-order chi connectivity index (χ0) is 17.5. The van der Waals surface area contributed by atoms with E-state index in [-0.39, 0.29) is 11.9 Å². The van der Waals surface area contributed by atoms with Crippen molar-refractivity contribution in [3.8, 4) is 22.3 Å². The lowest BCUT2D eigenvalue weighted by atomic mass is 10.1. The maximum Gasteiger partial charge on any atom is 0.278 e. The Hall–Kier alpha value is -2.84. The zero-order valence-electron chi connectivity index (χ0n) is 13.5. The fourth-order valence-electron chi connectivity index (χ4n) is 2.94. The average molecular weight is 368 g/mol. The van der Waals surface area contributed by atoms with E-state index in [0.717, 1.165) is 16.1 Å². The number of hydrogen-bond acceptors (Lipinski definition) is 6. The Morgan fingerprint density at radius 3 is 2.88 bits per heavy atom. The maximum absolute atomic E-state index is 13.1. The molecule has 130 valence electrons. The van der Waals surface area contributed by atoms with Gasteiger partial charge in [0.2, 0.25) is 5.82 Å². The van der Waals surface area contributed by atoms with Gasteiger partial charge in [0.25, 0.3) is 5.89 Å². The van der Waals surface area contributed by atoms with Gasteiger partial charge in [-0.1, -0.05) is 23.4 Å². The second kappa shape index (κ2) is 6.15. The van der Waals surface area contributed by atoms with Crippen molar-refractivity contribution < 1.29 is 13.7 Å². The molecule has 0 N–H and O–H groups in total. The molecule has 1 unspecified atom stereocenters. The second-order valence-corrected chi connectivity index (χ2v) is 6.90. The normalized spacial score (nSPS) is 16.6. The summed E-state index contributed by atoms with van der Waals surface area (Å²) in [5.74, 6) is 0.680. The molecule has 1 aliphatic heterocycles. The van der Waals surface area contributed by atoms with E-state index in [1.165, 1.54) is 12.1 Å². The smallest absolute Gasteiger partial charge is 0.278 e. The third kappa shape index (κ3) is 2.73. The topological polar surface area (TPSA) is 66.0 Å². The minimum Gasteiger partial charge on any atom is -0.365 e. The van der Waals surface area contributed by atoms with Crippen molar-refractivity contribution in [3.05, 3.63) is 64.9 Å². The third-order valence-corrected chi connectivity index (χ3v) is 5.13. The summed E-state index contributed by atoms with van der Waals surface area (Å²) in [7, 11) is 0. The molecule has 3 aromatic heterocycles. The monoisotopic (exact) mass is 368 g/mol. The fourth-order valence-corrected chi connectivity index (χ4v) is 3.59. The summed E-state index contributed by atoms with van der Waals surface area (Å²) in [5.41, 5.74) is 2.49. The van der Waals surface area contributed by atoms with Gasteiger partial charge in [0.1, 0.15) is 11.9 Å². The fraction of sp³-hybridized carbons (Fsp3) is 0.167. The van der Waals surface area contributed by atoms with Gasteiger partial charge in [0.15, 0.2) is 5.69 Å². The Kier molecular flexibility index (Phi) is 3.65. The first kappa shape index (κ1) is 15.4. The van der Waals surface area contributed by atoms with E-state index in [1.807, 2.05) is 28.3 Å². The number of halogens is 1. The second-order valence-electron chi connectivity index (χ2n) is 5.95. The molecular formula is C18H13FN4O2S. The van der Waals surface area contributed by atoms with E-state index >= 15 is 0 Å². The molecule has 1 aromatic carbocycles. The molecule has 0 saturated carbocycles. The first-order chi connectivity index (χ1) is 12.8. The van der Waals surface area contributed by atoms with Crippen LogP contribution in [0.15, 0.2) is 52.4 Å². The highest BCUT2D eigenvalue weighted by atomic mass is 32.1. The van der Waals surface area contributed by atoms with E-state index in [2.05, 4.69) is 15.2 Å². The standard InChI is InChI=1S/C18H13FN4O2S/c19-12-5-3-11(4-6-12)15-9-23-13(10-24-15)8-14(21-23)18-20-17(22-25-18)16-2-1-7-26-16/h1-8,15H,9-10H2. The Balaban J connectivity index is 1.40. The molecule has 8 heteroatoms. The van der Waals surface area contributed by atoms with Crippen LogP contribution < -0.4 is 0 Å². The first-order valence-electron chi connectivity index (χ1n) is 8.08. The molecule has 0 saturated heterocycles. The molecule has 0 spiro atoms. The van der Waals surface area contributed by atoms with Crippen molar-refractivity contribution in [2.75, 3.05) is 0 Å². The van der Waals surface area contributed by atoms with Gasteiger partial charge >= 0.3 is 0 Å². The number of ether oxygens (including phenoxy) is 1. The molecule has 4 aromatic rings. The molecule has 4 heterocycles. The lowest BCUT2D eigenvalue weighted by molar-refractivity contribution is -0.00116. The van der Waals surface area contributed by atoms with E-state index in [4.69, 9.17) is 9.26 Å². The summed E-state index contributed by atoms with van der Waals surface area (Å²) in [4.78, 5) is 5.38. The molecule has 6 nitrogen and oxygen atoms in total. The predicted molar refractivity (Wildman–Crippen MR) is 92.8 cm³/mol. The Labute approximate surface area is 151 Å². The van der Waals surface area contributed by atoms with Gasteiger partial charge in [-0.15, -0.1) is 11.3 Å². The van der Waals surface area contributed by atoms with Gasteiger partial charge in [0, 0.05) is 0 Å². The summed E-state index contributed by atoms with van der Waals surface area (Å²) >= 11 is 1.55. The van der Waals surface area contributed by atoms with Gasteiger partial charge in [-0.2, -0.15) is 10.1 Å². The van der Waals surface area contributed by atoms with Crippen molar-refractivity contribution in [2.24, 2.45) is 0 Å². The highest BCUT2D eigenvalue weighted by Crippen LogP contribution is 2.30. The summed E-state index contributed by atoms with van der Waals surface area (Å²) in [6.45, 7) is 0.966. The number of benzene rings is 1. The van der Waals surface area contributed by atoms with Crippen molar-refractivity contribution in [1.82, 2.24) is 19.9 Å². The number of hydrogen-bond donors (Lipinski definition) is 0. The Morgan fingerprint density at radius 1 is 1.19 bits per heavy atom. The summed E-state index contributed by atoms with van der Waals surface area (Å²) in [5, 5.41) is 10.6. The highest BCUT2D eigenvalue weighted by molar-refractivity contribution is 7.13. The number of thiophene rings is 1. The van der Waals surface area contributed by atoms with Gasteiger partial charge in [-0.25, -0.2) is 4.39 Å². The molecule has 5 rings (SSSR count). The van der Waals surface area contributed by atoms with E-state index < -0.39 is 0 Å². The molecule has 26 heavy (non-hydrogen) atoms. The van der Waals surface area contributed by atoms with E-state index in [1.54, 1.807) is 23.5 Å². The number of aromatic nitrogens is 4. The highest BCUT2D eigenvalue weighted by Gasteiger charge is 2.24. The van der Waals surface area contributed by atoms with Gasteiger partial charge in [0.05, 0.1) is 23.7 Å². The minimum absolute atomic E-state index is 0.166. The van der Waals surface area contributed by atoms with Gasteiger partial charge in [-0.05, 0) is 35.2 Å². The first-order valence-corrected chi connectivity index (χ1v) is 8.96. The van der Waals surface area contributed by atoms with Crippen molar-refractivity contribution in [1.29, 1.82) is 0 Å². The Bertz CT molecular complexity index is 1040. The van der Waals surface area contributed by atoms with Crippen LogP contribution in [-0.2, 0) is 17.9 Å². The van der Waals surface area contributed by atoms with Crippen molar-refractivity contribution in [2.45, 2.75) is 19.3 Å². The van der Waals surface area contributed by atoms with Crippen LogP contribution in [-0.4, -0.2) is 19.9 Å². The van der Waals surface area contributed by atoms with Gasteiger partial charge < -0.3 is 9.26 Å². The lowest BCUT2D eigenvalue weighted by Crippen LogP contribution is -2.21. The van der Waals surface area contributed by atoms with Crippen LogP contribution in [0.2, 0.25) is 0 Å². The molecule has 0 fully saturated rings. The molecule has 0 aliphatic carbocycles. The largest absolute Gasteiger partial charge is 0.365 e. The molecule has 0 radical (unpaired) electrons. The Morgan fingerprint density at radius 2 is 2.08 bits per heavy atom. The zero-order valence-corrected chi connectivity index (χ0v) is 14.3. The summed E-state index contributed by atoms with van der Waals surface area (Å²) < 4.78 is 26.2. The minimum atomic E-state index is -0.260. The van der Waals surface area contributed by atoms with Crippen LogP contribution in [0, 0.1) is 5.82 Å². The van der Waals surface area contributed by atoms with Crippen LogP contribution in [0.25, 0.3) is 22.3 Å². The van der Waals surface area contributed by atoms with Crippen LogP contribution in [0.4, 0.5) is 4.39 Å². The summed E-state index contributed by atoms with van der Waals surface area (Å²) in [6.07, 6.45) is -0.166. The third-order valence-electron chi connectivity index (χ3n) is 4.26. The van der Waals surface area contributed by atoms with Crippen LogP contribution in [0.3, 0.4) is 0 Å². The molecule has 1 atom stereocenters. The summed E-state index contributed by atoms with van der Waals surface area (Å²) in [6, 6.07) is 12.1. The number of nitrogens with zero attached hydrogens (tertiary/aromatic N) is 4. The van der Waals surface area contributed by atoms with E-state index in [9.17, 15) is 4.39 Å². The molecule has 0 bridgehead atoms. The van der Waals surface area contributed by atoms with Crippen LogP contribution >= 0.6 is 11.3 Å². The number of fused-ring (bicyclic) bond motifs is 1. The maximum atomic E-state index is 13.1. The SMILES string of the molecule is Fc1ccc(C2Cn3nc(-c4nc(-c5cccs5)no4)cc3CO2)cc1. The number of rotatable bonds is 3. The molecule has 1 aliphatic rings. The lowest BCUT2D eigenvalue weighted by Gasteiger charge is -2.24. The predicted octanol–water partition coefficient (Wildman–Crippen LogP) is 4.07. The quantitative estimate of drug-likeness (QED) is 0.545. The van der Waals surface area contributed by atoms with Crippen LogP contribution in [0.5, 0.6) is 0 Å². The van der Waals surface area contributed by atoms with Crippen LogP contribution in [0.1, 0.15) is 17.4 Å².